The number of nitrogens with one attached hydrogen (secondary N) is 2. The van der Waals surface area contributed by atoms with Crippen molar-refractivity contribution in [3.8, 4) is 16.9 Å². The number of rotatable bonds is 6. The lowest BCUT2D eigenvalue weighted by atomic mass is 10.1. The summed E-state index contributed by atoms with van der Waals surface area (Å²) in [7, 11) is 1.66. The van der Waals surface area contributed by atoms with Gasteiger partial charge in [-0.25, -0.2) is 0 Å². The molecule has 0 radical (unpaired) electrons. The third-order valence-corrected chi connectivity index (χ3v) is 5.52. The van der Waals surface area contributed by atoms with Gasteiger partial charge < -0.3 is 15.4 Å². The van der Waals surface area contributed by atoms with Gasteiger partial charge in [-0.1, -0.05) is 12.1 Å². The summed E-state index contributed by atoms with van der Waals surface area (Å²) in [6.07, 6.45) is 0. The molecule has 3 rings (SSSR count). The lowest BCUT2D eigenvalue weighted by Crippen LogP contribution is -2.46. The summed E-state index contributed by atoms with van der Waals surface area (Å²) >= 11 is 1.55. The lowest BCUT2D eigenvalue weighted by molar-refractivity contribution is 0.0951. The Morgan fingerprint density at radius 2 is 1.96 bits per heavy atom. The van der Waals surface area contributed by atoms with Crippen molar-refractivity contribution in [3.05, 3.63) is 40.1 Å². The molecule has 1 aromatic carbocycles. The predicted molar refractivity (Wildman–Crippen MR) is 110 cm³/mol. The van der Waals surface area contributed by atoms with Crippen molar-refractivity contribution in [2.75, 3.05) is 46.4 Å². The van der Waals surface area contributed by atoms with Crippen LogP contribution in [0.2, 0.25) is 0 Å². The highest BCUT2D eigenvalue weighted by atomic mass is 35.5. The van der Waals surface area contributed by atoms with Crippen molar-refractivity contribution in [1.29, 1.82) is 0 Å². The van der Waals surface area contributed by atoms with Gasteiger partial charge in [-0.2, -0.15) is 0 Å². The van der Waals surface area contributed by atoms with Crippen LogP contribution in [-0.4, -0.2) is 57.2 Å². The first-order valence-electron chi connectivity index (χ1n) is 8.63. The largest absolute Gasteiger partial charge is 0.497 e. The standard InChI is InChI=1S/C19H25N3O2S.ClH/c1-14-17(15-3-5-16(24-2)6-4-15)13-18(25-14)19(23)21-9-12-22-10-7-20-8-11-22;/h3-6,13,20H,7-12H2,1-2H3,(H,21,23);1H. The smallest absolute Gasteiger partial charge is 0.261 e. The molecule has 1 aliphatic heterocycles. The van der Waals surface area contributed by atoms with Gasteiger partial charge in [0.1, 0.15) is 5.75 Å². The number of nitrogens with zero attached hydrogens (tertiary/aromatic N) is 1. The number of hydrogen-bond donors (Lipinski definition) is 2. The number of ether oxygens (including phenoxy) is 1. The summed E-state index contributed by atoms with van der Waals surface area (Å²) in [4.78, 5) is 16.7. The zero-order valence-corrected chi connectivity index (χ0v) is 16.8. The van der Waals surface area contributed by atoms with E-state index in [9.17, 15) is 4.79 Å². The SMILES string of the molecule is COc1ccc(-c2cc(C(=O)NCCN3CCNCC3)sc2C)cc1.Cl. The molecule has 1 saturated heterocycles. The zero-order chi connectivity index (χ0) is 17.6. The van der Waals surface area contributed by atoms with Crippen molar-refractivity contribution >= 4 is 29.7 Å². The first-order valence-corrected chi connectivity index (χ1v) is 9.45. The van der Waals surface area contributed by atoms with Crippen molar-refractivity contribution in [3.63, 3.8) is 0 Å². The molecular formula is C19H26ClN3O2S. The number of thiophene rings is 1. The Labute approximate surface area is 165 Å². The van der Waals surface area contributed by atoms with Crippen molar-refractivity contribution in [1.82, 2.24) is 15.5 Å². The molecule has 7 heteroatoms. The fourth-order valence-corrected chi connectivity index (χ4v) is 3.96. The number of carbonyl (C=O) groups is 1. The van der Waals surface area contributed by atoms with Crippen LogP contribution in [0.15, 0.2) is 30.3 Å². The van der Waals surface area contributed by atoms with Gasteiger partial charge in [0.15, 0.2) is 0 Å². The highest BCUT2D eigenvalue weighted by Gasteiger charge is 2.14. The number of amides is 1. The van der Waals surface area contributed by atoms with Gasteiger partial charge in [0.2, 0.25) is 0 Å². The summed E-state index contributed by atoms with van der Waals surface area (Å²) < 4.78 is 5.20. The molecule has 0 bridgehead atoms. The van der Waals surface area contributed by atoms with Crippen molar-refractivity contribution in [2.24, 2.45) is 0 Å². The average Bonchev–Trinajstić information content (AvgIpc) is 3.04. The van der Waals surface area contributed by atoms with Crippen LogP contribution in [0, 0.1) is 6.92 Å². The normalized spacial score (nSPS) is 14.5. The number of benzene rings is 1. The van der Waals surface area contributed by atoms with E-state index in [1.54, 1.807) is 18.4 Å². The Hall–Kier alpha value is -1.60. The molecule has 26 heavy (non-hydrogen) atoms. The van der Waals surface area contributed by atoms with E-state index in [0.29, 0.717) is 6.54 Å². The van der Waals surface area contributed by atoms with Crippen molar-refractivity contribution < 1.29 is 9.53 Å². The Balaban J connectivity index is 0.00000243. The number of carbonyl (C=O) groups excluding carboxylic acids is 1. The number of hydrogen-bond acceptors (Lipinski definition) is 5. The first-order chi connectivity index (χ1) is 12.2. The zero-order valence-electron chi connectivity index (χ0n) is 15.2. The van der Waals surface area contributed by atoms with Crippen LogP contribution in [0.5, 0.6) is 5.75 Å². The molecule has 0 saturated carbocycles. The van der Waals surface area contributed by atoms with E-state index >= 15 is 0 Å². The van der Waals surface area contributed by atoms with E-state index in [4.69, 9.17) is 4.74 Å². The molecule has 0 aliphatic carbocycles. The molecule has 1 aliphatic rings. The summed E-state index contributed by atoms with van der Waals surface area (Å²) in [5, 5.41) is 6.38. The van der Waals surface area contributed by atoms with E-state index in [-0.39, 0.29) is 18.3 Å². The van der Waals surface area contributed by atoms with E-state index in [2.05, 4.69) is 22.5 Å². The maximum atomic E-state index is 12.4. The number of methoxy groups -OCH3 is 1. The van der Waals surface area contributed by atoms with E-state index < -0.39 is 0 Å². The van der Waals surface area contributed by atoms with Gasteiger partial charge in [-0.3, -0.25) is 9.69 Å². The quantitative estimate of drug-likeness (QED) is 0.789. The fraction of sp³-hybridized carbons (Fsp3) is 0.421. The van der Waals surface area contributed by atoms with E-state index in [1.807, 2.05) is 30.3 Å². The highest BCUT2D eigenvalue weighted by Crippen LogP contribution is 2.31. The molecule has 1 aromatic heterocycles. The molecule has 0 atom stereocenters. The minimum Gasteiger partial charge on any atom is -0.497 e. The first kappa shape index (κ1) is 20.7. The third kappa shape index (κ3) is 5.20. The summed E-state index contributed by atoms with van der Waals surface area (Å²) in [6.45, 7) is 7.82. The maximum Gasteiger partial charge on any atom is 0.261 e. The molecular weight excluding hydrogens is 370 g/mol. The van der Waals surface area contributed by atoms with Crippen LogP contribution >= 0.6 is 23.7 Å². The van der Waals surface area contributed by atoms with Gasteiger partial charge in [-0.05, 0) is 36.2 Å². The van der Waals surface area contributed by atoms with Crippen LogP contribution in [0.1, 0.15) is 14.5 Å². The van der Waals surface area contributed by atoms with E-state index in [1.165, 1.54) is 0 Å². The van der Waals surface area contributed by atoms with Gasteiger partial charge in [0.25, 0.3) is 5.91 Å². The average molecular weight is 396 g/mol. The Bertz CT molecular complexity index is 712. The topological polar surface area (TPSA) is 53.6 Å². The Morgan fingerprint density at radius 3 is 2.62 bits per heavy atom. The summed E-state index contributed by atoms with van der Waals surface area (Å²) in [5.74, 6) is 0.852. The van der Waals surface area contributed by atoms with Crippen LogP contribution in [0.4, 0.5) is 0 Å². The minimum atomic E-state index is 0. The molecule has 1 fully saturated rings. The number of aryl methyl sites for hydroxylation is 1. The Morgan fingerprint density at radius 1 is 1.27 bits per heavy atom. The van der Waals surface area contributed by atoms with Gasteiger partial charge >= 0.3 is 0 Å². The number of halogens is 1. The molecule has 0 spiro atoms. The molecule has 5 nitrogen and oxygen atoms in total. The van der Waals surface area contributed by atoms with Crippen molar-refractivity contribution in [2.45, 2.75) is 6.92 Å². The van der Waals surface area contributed by atoms with Crippen LogP contribution < -0.4 is 15.4 Å². The maximum absolute atomic E-state index is 12.4. The van der Waals surface area contributed by atoms with Crippen LogP contribution in [0.25, 0.3) is 11.1 Å². The predicted octanol–water partition coefficient (Wildman–Crippen LogP) is 2.79. The minimum absolute atomic E-state index is 0. The third-order valence-electron chi connectivity index (χ3n) is 4.47. The lowest BCUT2D eigenvalue weighted by Gasteiger charge is -2.26. The monoisotopic (exact) mass is 395 g/mol. The van der Waals surface area contributed by atoms with Gasteiger partial charge in [-0.15, -0.1) is 23.7 Å². The molecule has 2 heterocycles. The van der Waals surface area contributed by atoms with Gasteiger partial charge in [0.05, 0.1) is 12.0 Å². The molecule has 142 valence electrons. The van der Waals surface area contributed by atoms with Crippen LogP contribution in [-0.2, 0) is 0 Å². The Kier molecular flexibility index (Phi) is 7.90. The second-order valence-corrected chi connectivity index (χ2v) is 7.41. The molecule has 1 amide bonds. The van der Waals surface area contributed by atoms with Gasteiger partial charge in [0, 0.05) is 44.1 Å². The molecule has 2 aromatic rings. The molecule has 0 unspecified atom stereocenters. The molecule has 2 N–H and O–H groups in total. The second kappa shape index (κ2) is 9.92. The fourth-order valence-electron chi connectivity index (χ4n) is 3.00. The summed E-state index contributed by atoms with van der Waals surface area (Å²) in [6, 6.07) is 9.93. The van der Waals surface area contributed by atoms with Crippen LogP contribution in [0.3, 0.4) is 0 Å². The van der Waals surface area contributed by atoms with E-state index in [0.717, 1.165) is 59.4 Å². The second-order valence-electron chi connectivity index (χ2n) is 6.16. The highest BCUT2D eigenvalue weighted by molar-refractivity contribution is 7.14. The summed E-state index contributed by atoms with van der Waals surface area (Å²) in [5.41, 5.74) is 2.22. The number of piperazine rings is 1.